The van der Waals surface area contributed by atoms with E-state index in [1.54, 1.807) is 7.05 Å². The van der Waals surface area contributed by atoms with Crippen LogP contribution in [-0.4, -0.2) is 31.1 Å². The summed E-state index contributed by atoms with van der Waals surface area (Å²) < 4.78 is 0. The first-order valence-corrected chi connectivity index (χ1v) is 4.31. The van der Waals surface area contributed by atoms with E-state index in [0.29, 0.717) is 0 Å². The Balaban J connectivity index is 2.36. The molecule has 0 aromatic rings. The molecule has 1 aliphatic rings. The minimum Gasteiger partial charge on any atom is -0.341 e. The number of hydrogen-bond donors (Lipinski definition) is 1. The second-order valence-electron chi connectivity index (χ2n) is 2.96. The van der Waals surface area contributed by atoms with Crippen molar-refractivity contribution in [3.63, 3.8) is 0 Å². The second kappa shape index (κ2) is 4.21. The van der Waals surface area contributed by atoms with Gasteiger partial charge in [-0.25, -0.2) is 4.79 Å². The average Bonchev–Trinajstić information content (AvgIpc) is 2.30. The minimum atomic E-state index is 0.0758. The fourth-order valence-electron chi connectivity index (χ4n) is 1.43. The SMILES string of the molecule is CNC(=O)N1CCCCCC1. The second-order valence-corrected chi connectivity index (χ2v) is 2.96. The third-order valence-corrected chi connectivity index (χ3v) is 2.11. The molecule has 3 nitrogen and oxygen atoms in total. The molecule has 0 aromatic carbocycles. The van der Waals surface area contributed by atoms with Crippen molar-refractivity contribution in [3.05, 3.63) is 0 Å². The Morgan fingerprint density at radius 2 is 1.73 bits per heavy atom. The molecule has 0 aliphatic carbocycles. The highest BCUT2D eigenvalue weighted by atomic mass is 16.2. The predicted octanol–water partition coefficient (Wildman–Crippen LogP) is 1.20. The van der Waals surface area contributed by atoms with Gasteiger partial charge in [0.05, 0.1) is 0 Å². The van der Waals surface area contributed by atoms with Gasteiger partial charge in [0, 0.05) is 20.1 Å². The van der Waals surface area contributed by atoms with Crippen LogP contribution in [0.1, 0.15) is 25.7 Å². The lowest BCUT2D eigenvalue weighted by Crippen LogP contribution is -2.38. The third kappa shape index (κ3) is 2.41. The minimum absolute atomic E-state index is 0.0758. The topological polar surface area (TPSA) is 32.3 Å². The van der Waals surface area contributed by atoms with Crippen molar-refractivity contribution in [1.82, 2.24) is 10.2 Å². The number of nitrogens with zero attached hydrogens (tertiary/aromatic N) is 1. The molecule has 0 unspecified atom stereocenters. The van der Waals surface area contributed by atoms with E-state index in [0.717, 1.165) is 25.9 Å². The third-order valence-electron chi connectivity index (χ3n) is 2.11. The molecular weight excluding hydrogens is 140 g/mol. The predicted molar refractivity (Wildman–Crippen MR) is 44.5 cm³/mol. The van der Waals surface area contributed by atoms with Crippen LogP contribution in [0.25, 0.3) is 0 Å². The van der Waals surface area contributed by atoms with Gasteiger partial charge in [-0.15, -0.1) is 0 Å². The van der Waals surface area contributed by atoms with Crippen molar-refractivity contribution < 1.29 is 4.79 Å². The number of amides is 2. The molecule has 1 fully saturated rings. The number of carbonyl (C=O) groups is 1. The highest BCUT2D eigenvalue weighted by Gasteiger charge is 2.12. The average molecular weight is 156 g/mol. The summed E-state index contributed by atoms with van der Waals surface area (Å²) in [4.78, 5) is 13.0. The molecule has 0 bridgehead atoms. The molecule has 11 heavy (non-hydrogen) atoms. The summed E-state index contributed by atoms with van der Waals surface area (Å²) >= 11 is 0. The molecule has 1 saturated heterocycles. The Morgan fingerprint density at radius 3 is 2.18 bits per heavy atom. The van der Waals surface area contributed by atoms with Crippen LogP contribution in [-0.2, 0) is 0 Å². The lowest BCUT2D eigenvalue weighted by molar-refractivity contribution is 0.202. The number of likely N-dealkylation sites (tertiary alicyclic amines) is 1. The molecule has 0 atom stereocenters. The summed E-state index contributed by atoms with van der Waals surface area (Å²) in [5.41, 5.74) is 0. The molecule has 0 saturated carbocycles. The number of carbonyl (C=O) groups excluding carboxylic acids is 1. The molecule has 3 heteroatoms. The Kier molecular flexibility index (Phi) is 3.20. The Bertz CT molecular complexity index is 128. The van der Waals surface area contributed by atoms with E-state index >= 15 is 0 Å². The smallest absolute Gasteiger partial charge is 0.317 e. The molecule has 0 aromatic heterocycles. The fourth-order valence-corrected chi connectivity index (χ4v) is 1.43. The summed E-state index contributed by atoms with van der Waals surface area (Å²) in [5.74, 6) is 0. The van der Waals surface area contributed by atoms with Crippen LogP contribution in [0, 0.1) is 0 Å². The van der Waals surface area contributed by atoms with Gasteiger partial charge in [0.1, 0.15) is 0 Å². The Morgan fingerprint density at radius 1 is 1.18 bits per heavy atom. The van der Waals surface area contributed by atoms with E-state index in [2.05, 4.69) is 5.32 Å². The zero-order valence-corrected chi connectivity index (χ0v) is 7.10. The van der Waals surface area contributed by atoms with Crippen LogP contribution in [0.3, 0.4) is 0 Å². The maximum atomic E-state index is 11.1. The summed E-state index contributed by atoms with van der Waals surface area (Å²) in [7, 11) is 1.69. The van der Waals surface area contributed by atoms with Crippen LogP contribution >= 0.6 is 0 Å². The maximum absolute atomic E-state index is 11.1. The van der Waals surface area contributed by atoms with Crippen LogP contribution in [0.2, 0.25) is 0 Å². The maximum Gasteiger partial charge on any atom is 0.317 e. The van der Waals surface area contributed by atoms with E-state index in [1.165, 1.54) is 12.8 Å². The standard InChI is InChI=1S/C8H16N2O/c1-9-8(11)10-6-4-2-3-5-7-10/h2-7H2,1H3,(H,9,11). The van der Waals surface area contributed by atoms with Gasteiger partial charge in [-0.05, 0) is 12.8 Å². The highest BCUT2D eigenvalue weighted by molar-refractivity contribution is 5.73. The van der Waals surface area contributed by atoms with Gasteiger partial charge in [0.25, 0.3) is 0 Å². The fraction of sp³-hybridized carbons (Fsp3) is 0.875. The van der Waals surface area contributed by atoms with E-state index in [9.17, 15) is 4.79 Å². The monoisotopic (exact) mass is 156 g/mol. The van der Waals surface area contributed by atoms with Gasteiger partial charge in [-0.3, -0.25) is 0 Å². The van der Waals surface area contributed by atoms with Crippen molar-refractivity contribution in [2.24, 2.45) is 0 Å². The van der Waals surface area contributed by atoms with Crippen LogP contribution in [0.5, 0.6) is 0 Å². The normalized spacial score (nSPS) is 19.2. The van der Waals surface area contributed by atoms with Crippen LogP contribution < -0.4 is 5.32 Å². The zero-order valence-electron chi connectivity index (χ0n) is 7.10. The van der Waals surface area contributed by atoms with Crippen molar-refractivity contribution in [2.45, 2.75) is 25.7 Å². The molecule has 1 rings (SSSR count). The van der Waals surface area contributed by atoms with Crippen molar-refractivity contribution in [2.75, 3.05) is 20.1 Å². The molecule has 2 amide bonds. The highest BCUT2D eigenvalue weighted by Crippen LogP contribution is 2.08. The summed E-state index contributed by atoms with van der Waals surface area (Å²) in [5, 5.41) is 2.65. The first-order valence-electron chi connectivity index (χ1n) is 4.31. The van der Waals surface area contributed by atoms with Gasteiger partial charge in [-0.1, -0.05) is 12.8 Å². The molecule has 64 valence electrons. The van der Waals surface area contributed by atoms with Gasteiger partial charge in [-0.2, -0.15) is 0 Å². The Labute approximate surface area is 67.8 Å². The number of nitrogens with one attached hydrogen (secondary N) is 1. The van der Waals surface area contributed by atoms with Gasteiger partial charge >= 0.3 is 6.03 Å². The molecule has 0 radical (unpaired) electrons. The first kappa shape index (κ1) is 8.37. The van der Waals surface area contributed by atoms with E-state index in [1.807, 2.05) is 4.90 Å². The largest absolute Gasteiger partial charge is 0.341 e. The van der Waals surface area contributed by atoms with Gasteiger partial charge in [0.2, 0.25) is 0 Å². The van der Waals surface area contributed by atoms with Crippen LogP contribution in [0.4, 0.5) is 4.79 Å². The molecule has 1 heterocycles. The lowest BCUT2D eigenvalue weighted by atomic mass is 10.2. The lowest BCUT2D eigenvalue weighted by Gasteiger charge is -2.18. The van der Waals surface area contributed by atoms with Gasteiger partial charge < -0.3 is 10.2 Å². The first-order chi connectivity index (χ1) is 5.34. The quantitative estimate of drug-likeness (QED) is 0.561. The van der Waals surface area contributed by atoms with Gasteiger partial charge in [0.15, 0.2) is 0 Å². The van der Waals surface area contributed by atoms with Crippen molar-refractivity contribution >= 4 is 6.03 Å². The Hall–Kier alpha value is -0.730. The van der Waals surface area contributed by atoms with E-state index < -0.39 is 0 Å². The summed E-state index contributed by atoms with van der Waals surface area (Å²) in [6.45, 7) is 1.86. The van der Waals surface area contributed by atoms with Crippen molar-refractivity contribution in [1.29, 1.82) is 0 Å². The number of urea groups is 1. The number of rotatable bonds is 0. The summed E-state index contributed by atoms with van der Waals surface area (Å²) in [6, 6.07) is 0.0758. The van der Waals surface area contributed by atoms with Crippen molar-refractivity contribution in [3.8, 4) is 0 Å². The molecular formula is C8H16N2O. The summed E-state index contributed by atoms with van der Waals surface area (Å²) in [6.07, 6.45) is 4.86. The molecule has 1 aliphatic heterocycles. The van der Waals surface area contributed by atoms with Crippen LogP contribution in [0.15, 0.2) is 0 Å². The molecule has 0 spiro atoms. The molecule has 1 N–H and O–H groups in total. The van der Waals surface area contributed by atoms with E-state index in [-0.39, 0.29) is 6.03 Å². The van der Waals surface area contributed by atoms with E-state index in [4.69, 9.17) is 0 Å². The zero-order chi connectivity index (χ0) is 8.10. The number of hydrogen-bond acceptors (Lipinski definition) is 1.